The van der Waals surface area contributed by atoms with E-state index in [-0.39, 0.29) is 0 Å². The fourth-order valence-electron chi connectivity index (χ4n) is 3.68. The lowest BCUT2D eigenvalue weighted by molar-refractivity contribution is 1.18. The van der Waals surface area contributed by atoms with Crippen molar-refractivity contribution >= 4 is 21.8 Å². The van der Waals surface area contributed by atoms with Crippen LogP contribution >= 0.6 is 0 Å². The van der Waals surface area contributed by atoms with Gasteiger partial charge in [0.15, 0.2) is 0 Å². The van der Waals surface area contributed by atoms with E-state index >= 15 is 0 Å². The molecule has 0 saturated carbocycles. The Balaban J connectivity index is 1.84. The molecule has 5 rings (SSSR count). The van der Waals surface area contributed by atoms with Crippen molar-refractivity contribution in [3.63, 3.8) is 0 Å². The van der Waals surface area contributed by atoms with E-state index in [2.05, 4.69) is 95.3 Å². The van der Waals surface area contributed by atoms with Crippen molar-refractivity contribution in [2.24, 2.45) is 0 Å². The lowest BCUT2D eigenvalue weighted by atomic mass is 10.1. The van der Waals surface area contributed by atoms with E-state index in [1.165, 1.54) is 33.1 Å². The Labute approximate surface area is 152 Å². The van der Waals surface area contributed by atoms with E-state index < -0.39 is 0 Å². The fourth-order valence-corrected chi connectivity index (χ4v) is 3.68. The Morgan fingerprint density at radius 3 is 2.31 bits per heavy atom. The molecule has 0 aliphatic carbocycles. The maximum atomic E-state index is 4.55. The summed E-state index contributed by atoms with van der Waals surface area (Å²) in [6.07, 6.45) is 1.88. The van der Waals surface area contributed by atoms with Gasteiger partial charge in [0.1, 0.15) is 0 Å². The van der Waals surface area contributed by atoms with Gasteiger partial charge in [-0.3, -0.25) is 4.98 Å². The summed E-state index contributed by atoms with van der Waals surface area (Å²) < 4.78 is 2.33. The Morgan fingerprint density at radius 2 is 1.46 bits per heavy atom. The van der Waals surface area contributed by atoms with Gasteiger partial charge < -0.3 is 4.57 Å². The van der Waals surface area contributed by atoms with Crippen LogP contribution in [-0.2, 0) is 0 Å². The van der Waals surface area contributed by atoms with Crippen molar-refractivity contribution in [3.05, 3.63) is 96.7 Å². The average Bonchev–Trinajstić information content (AvgIpc) is 3.02. The third-order valence-electron chi connectivity index (χ3n) is 4.90. The van der Waals surface area contributed by atoms with Crippen LogP contribution in [0.25, 0.3) is 38.8 Å². The molecule has 0 saturated heterocycles. The summed E-state index contributed by atoms with van der Waals surface area (Å²) in [6, 6.07) is 29.9. The number of aromatic nitrogens is 2. The van der Waals surface area contributed by atoms with Crippen LogP contribution in [0.15, 0.2) is 91.1 Å². The molecule has 0 amide bonds. The second-order valence-corrected chi connectivity index (χ2v) is 6.64. The Kier molecular flexibility index (Phi) is 3.36. The highest BCUT2D eigenvalue weighted by molar-refractivity contribution is 6.10. The first-order valence-electron chi connectivity index (χ1n) is 8.83. The molecule has 0 unspecified atom stereocenters. The third-order valence-corrected chi connectivity index (χ3v) is 4.90. The van der Waals surface area contributed by atoms with Crippen LogP contribution in [0.5, 0.6) is 0 Å². The van der Waals surface area contributed by atoms with Gasteiger partial charge in [0.25, 0.3) is 0 Å². The summed E-state index contributed by atoms with van der Waals surface area (Å²) in [5.74, 6) is 0. The predicted octanol–water partition coefficient (Wildman–Crippen LogP) is 6.15. The van der Waals surface area contributed by atoms with Crippen LogP contribution in [0.4, 0.5) is 0 Å². The molecule has 0 spiro atoms. The van der Waals surface area contributed by atoms with E-state index in [0.29, 0.717) is 0 Å². The van der Waals surface area contributed by atoms with Gasteiger partial charge in [-0.1, -0.05) is 42.5 Å². The summed E-state index contributed by atoms with van der Waals surface area (Å²) in [5.41, 5.74) is 7.01. The Bertz CT molecular complexity index is 1230. The van der Waals surface area contributed by atoms with Crippen molar-refractivity contribution in [2.45, 2.75) is 6.92 Å². The molecule has 0 aliphatic rings. The van der Waals surface area contributed by atoms with E-state index in [4.69, 9.17) is 0 Å². The standard InChI is InChI=1S/C24H18N2/c1-17-13-14-25-22(15-17)18-11-12-24-21(16-18)20-9-5-6-10-23(20)26(24)19-7-3-2-4-8-19/h2-16H,1H3. The quantitative estimate of drug-likeness (QED) is 0.378. The number of hydrogen-bond donors (Lipinski definition) is 0. The third kappa shape index (κ3) is 2.31. The van der Waals surface area contributed by atoms with Crippen LogP contribution < -0.4 is 0 Å². The normalized spacial score (nSPS) is 11.3. The number of benzene rings is 3. The van der Waals surface area contributed by atoms with Gasteiger partial charge in [0.05, 0.1) is 16.7 Å². The van der Waals surface area contributed by atoms with E-state index in [1.54, 1.807) is 0 Å². The van der Waals surface area contributed by atoms with Crippen molar-refractivity contribution in [1.29, 1.82) is 0 Å². The van der Waals surface area contributed by atoms with Crippen LogP contribution in [0.1, 0.15) is 5.56 Å². The summed E-state index contributed by atoms with van der Waals surface area (Å²) in [4.78, 5) is 4.55. The van der Waals surface area contributed by atoms with Crippen molar-refractivity contribution < 1.29 is 0 Å². The molecular formula is C24H18N2. The van der Waals surface area contributed by atoms with E-state index in [1.807, 2.05) is 12.3 Å². The molecular weight excluding hydrogens is 316 g/mol. The van der Waals surface area contributed by atoms with Crippen LogP contribution in [0.2, 0.25) is 0 Å². The SMILES string of the molecule is Cc1ccnc(-c2ccc3c(c2)c2ccccc2n3-c2ccccc2)c1. The lowest BCUT2D eigenvalue weighted by Crippen LogP contribution is -1.93. The molecule has 0 atom stereocenters. The number of fused-ring (bicyclic) bond motifs is 3. The van der Waals surface area contributed by atoms with Gasteiger partial charge in [0.2, 0.25) is 0 Å². The highest BCUT2D eigenvalue weighted by Crippen LogP contribution is 2.34. The molecule has 0 fully saturated rings. The first-order chi connectivity index (χ1) is 12.8. The predicted molar refractivity (Wildman–Crippen MR) is 109 cm³/mol. The summed E-state index contributed by atoms with van der Waals surface area (Å²) in [7, 11) is 0. The minimum Gasteiger partial charge on any atom is -0.309 e. The zero-order chi connectivity index (χ0) is 17.5. The van der Waals surface area contributed by atoms with Gasteiger partial charge >= 0.3 is 0 Å². The van der Waals surface area contributed by atoms with Crippen molar-refractivity contribution in [1.82, 2.24) is 9.55 Å². The van der Waals surface area contributed by atoms with Crippen molar-refractivity contribution in [2.75, 3.05) is 0 Å². The van der Waals surface area contributed by atoms with Gasteiger partial charge in [0, 0.05) is 28.2 Å². The average molecular weight is 334 g/mol. The second kappa shape index (κ2) is 5.85. The Morgan fingerprint density at radius 1 is 0.692 bits per heavy atom. The molecule has 2 aromatic heterocycles. The zero-order valence-corrected chi connectivity index (χ0v) is 14.6. The van der Waals surface area contributed by atoms with Gasteiger partial charge in [-0.25, -0.2) is 0 Å². The van der Waals surface area contributed by atoms with Gasteiger partial charge in [-0.2, -0.15) is 0 Å². The highest BCUT2D eigenvalue weighted by atomic mass is 15.0. The maximum absolute atomic E-state index is 4.55. The lowest BCUT2D eigenvalue weighted by Gasteiger charge is -2.08. The van der Waals surface area contributed by atoms with E-state index in [9.17, 15) is 0 Å². The summed E-state index contributed by atoms with van der Waals surface area (Å²) >= 11 is 0. The topological polar surface area (TPSA) is 17.8 Å². The van der Waals surface area contributed by atoms with Crippen LogP contribution in [0, 0.1) is 6.92 Å². The smallest absolute Gasteiger partial charge is 0.0704 e. The number of nitrogens with zero attached hydrogens (tertiary/aromatic N) is 2. The molecule has 2 heterocycles. The maximum Gasteiger partial charge on any atom is 0.0704 e. The molecule has 124 valence electrons. The van der Waals surface area contributed by atoms with Crippen LogP contribution in [0.3, 0.4) is 0 Å². The summed E-state index contributed by atoms with van der Waals surface area (Å²) in [6.45, 7) is 2.10. The molecule has 0 radical (unpaired) electrons. The molecule has 3 aromatic carbocycles. The highest BCUT2D eigenvalue weighted by Gasteiger charge is 2.13. The van der Waals surface area contributed by atoms with E-state index in [0.717, 1.165) is 11.3 Å². The summed E-state index contributed by atoms with van der Waals surface area (Å²) in [5, 5.41) is 2.52. The number of aryl methyl sites for hydroxylation is 1. The van der Waals surface area contributed by atoms with Gasteiger partial charge in [-0.15, -0.1) is 0 Å². The second-order valence-electron chi connectivity index (χ2n) is 6.64. The minimum atomic E-state index is 1.02. The molecule has 0 N–H and O–H groups in total. The first-order valence-corrected chi connectivity index (χ1v) is 8.83. The molecule has 0 bridgehead atoms. The fraction of sp³-hybridized carbons (Fsp3) is 0.0417. The largest absolute Gasteiger partial charge is 0.309 e. The molecule has 0 aliphatic heterocycles. The first kappa shape index (κ1) is 14.9. The molecule has 2 heteroatoms. The number of hydrogen-bond acceptors (Lipinski definition) is 1. The molecule has 26 heavy (non-hydrogen) atoms. The minimum absolute atomic E-state index is 1.02. The number of para-hydroxylation sites is 2. The monoisotopic (exact) mass is 334 g/mol. The molecule has 2 nitrogen and oxygen atoms in total. The van der Waals surface area contributed by atoms with Crippen molar-refractivity contribution in [3.8, 4) is 16.9 Å². The van der Waals surface area contributed by atoms with Crippen LogP contribution in [-0.4, -0.2) is 9.55 Å². The molecule has 5 aromatic rings. The Hall–Kier alpha value is -3.39. The number of rotatable bonds is 2. The zero-order valence-electron chi connectivity index (χ0n) is 14.6. The van der Waals surface area contributed by atoms with Gasteiger partial charge in [-0.05, 0) is 55.0 Å². The number of pyridine rings is 1.